The van der Waals surface area contributed by atoms with Gasteiger partial charge in [-0.25, -0.2) is 13.1 Å². The average molecular weight is 278 g/mol. The summed E-state index contributed by atoms with van der Waals surface area (Å²) in [4.78, 5) is 11.5. The minimum atomic E-state index is -3.28. The Kier molecular flexibility index (Phi) is 5.81. The van der Waals surface area contributed by atoms with Crippen LogP contribution in [-0.4, -0.2) is 32.7 Å². The van der Waals surface area contributed by atoms with E-state index in [1.807, 2.05) is 13.8 Å². The van der Waals surface area contributed by atoms with Crippen LogP contribution in [0.5, 0.6) is 0 Å². The van der Waals surface area contributed by atoms with Gasteiger partial charge in [0.1, 0.15) is 0 Å². The minimum Gasteiger partial charge on any atom is -0.359 e. The molecule has 0 aromatic heterocycles. The molecule has 0 radical (unpaired) electrons. The number of carbonyl (C=O) groups excluding carboxylic acids is 1. The third-order valence-electron chi connectivity index (χ3n) is 2.52. The highest BCUT2D eigenvalue weighted by Gasteiger charge is 2.27. The van der Waals surface area contributed by atoms with Crippen LogP contribution in [0, 0.1) is 5.41 Å². The Labute approximate surface area is 111 Å². The second kappa shape index (κ2) is 6.02. The smallest absolute Gasteiger partial charge is 0.225 e. The van der Waals surface area contributed by atoms with Crippen molar-refractivity contribution >= 4 is 15.9 Å². The lowest BCUT2D eigenvalue weighted by Gasteiger charge is -2.23. The van der Waals surface area contributed by atoms with Crippen LogP contribution in [0.4, 0.5) is 0 Å². The average Bonchev–Trinajstić information content (AvgIpc) is 2.11. The molecule has 0 aliphatic carbocycles. The van der Waals surface area contributed by atoms with E-state index in [1.54, 1.807) is 27.8 Å². The topological polar surface area (TPSA) is 75.3 Å². The third-order valence-corrected chi connectivity index (χ3v) is 4.27. The Balaban J connectivity index is 4.32. The molecule has 2 N–H and O–H groups in total. The Bertz CT molecular complexity index is 381. The molecule has 18 heavy (non-hydrogen) atoms. The number of hydrogen-bond donors (Lipinski definition) is 2. The van der Waals surface area contributed by atoms with Gasteiger partial charge >= 0.3 is 0 Å². The fraction of sp³-hybridized carbons (Fsp3) is 0.917. The first kappa shape index (κ1) is 17.4. The van der Waals surface area contributed by atoms with Gasteiger partial charge in [0, 0.05) is 18.0 Å². The van der Waals surface area contributed by atoms with Crippen LogP contribution in [0.15, 0.2) is 0 Å². The van der Waals surface area contributed by atoms with E-state index in [4.69, 9.17) is 0 Å². The molecule has 0 bridgehead atoms. The van der Waals surface area contributed by atoms with Gasteiger partial charge in [-0.15, -0.1) is 0 Å². The maximum absolute atomic E-state index is 11.8. The zero-order valence-electron chi connectivity index (χ0n) is 12.3. The van der Waals surface area contributed by atoms with Crippen LogP contribution in [0.3, 0.4) is 0 Å². The van der Waals surface area contributed by atoms with Gasteiger partial charge in [0.2, 0.25) is 15.9 Å². The number of carbonyl (C=O) groups is 1. The summed E-state index contributed by atoms with van der Waals surface area (Å²) in [6, 6.07) is 0. The Hall–Kier alpha value is -0.620. The van der Waals surface area contributed by atoms with Crippen molar-refractivity contribution in [3.8, 4) is 0 Å². The summed E-state index contributed by atoms with van der Waals surface area (Å²) in [6.07, 6.45) is 1.00. The summed E-state index contributed by atoms with van der Waals surface area (Å²) in [7, 11) is -1.69. The molecule has 0 heterocycles. The van der Waals surface area contributed by atoms with Gasteiger partial charge in [0.05, 0.1) is 5.75 Å². The Morgan fingerprint density at radius 2 is 1.61 bits per heavy atom. The summed E-state index contributed by atoms with van der Waals surface area (Å²) >= 11 is 0. The number of hydrogen-bond acceptors (Lipinski definition) is 3. The maximum atomic E-state index is 11.8. The van der Waals surface area contributed by atoms with Crippen molar-refractivity contribution in [1.82, 2.24) is 10.0 Å². The van der Waals surface area contributed by atoms with Crippen molar-refractivity contribution in [2.24, 2.45) is 5.41 Å². The molecule has 6 heteroatoms. The van der Waals surface area contributed by atoms with E-state index in [1.165, 1.54) is 0 Å². The molecule has 1 amide bonds. The molecule has 0 aliphatic rings. The van der Waals surface area contributed by atoms with Crippen molar-refractivity contribution in [3.63, 3.8) is 0 Å². The molecular formula is C12H26N2O3S. The van der Waals surface area contributed by atoms with E-state index >= 15 is 0 Å². The monoisotopic (exact) mass is 278 g/mol. The Morgan fingerprint density at radius 3 is 2.00 bits per heavy atom. The van der Waals surface area contributed by atoms with Crippen molar-refractivity contribution < 1.29 is 13.2 Å². The van der Waals surface area contributed by atoms with E-state index in [-0.39, 0.29) is 11.7 Å². The van der Waals surface area contributed by atoms with E-state index in [0.29, 0.717) is 12.8 Å². The standard InChI is InChI=1S/C12H26N2O3S/c1-11(2,3)14-18(16,17)9-7-8-12(4,5)10(15)13-6/h14H,7-9H2,1-6H3,(H,13,15). The van der Waals surface area contributed by atoms with Crippen molar-refractivity contribution in [1.29, 1.82) is 0 Å². The third kappa shape index (κ3) is 6.96. The molecule has 0 spiro atoms. The SMILES string of the molecule is CNC(=O)C(C)(C)CCCS(=O)(=O)NC(C)(C)C. The Morgan fingerprint density at radius 1 is 1.11 bits per heavy atom. The van der Waals surface area contributed by atoms with Crippen LogP contribution in [0.1, 0.15) is 47.5 Å². The lowest BCUT2D eigenvalue weighted by molar-refractivity contribution is -0.129. The van der Waals surface area contributed by atoms with Crippen LogP contribution in [0.2, 0.25) is 0 Å². The summed E-state index contributed by atoms with van der Waals surface area (Å²) in [6.45, 7) is 9.04. The zero-order chi connectivity index (χ0) is 14.6. The molecule has 0 aromatic rings. The molecule has 5 nitrogen and oxygen atoms in total. The van der Waals surface area contributed by atoms with Gasteiger partial charge in [-0.1, -0.05) is 13.8 Å². The highest BCUT2D eigenvalue weighted by atomic mass is 32.2. The fourth-order valence-electron chi connectivity index (χ4n) is 1.67. The van der Waals surface area contributed by atoms with E-state index in [9.17, 15) is 13.2 Å². The van der Waals surface area contributed by atoms with Crippen molar-refractivity contribution in [3.05, 3.63) is 0 Å². The maximum Gasteiger partial charge on any atom is 0.225 e. The normalized spacial score (nSPS) is 13.4. The molecule has 0 unspecified atom stereocenters. The van der Waals surface area contributed by atoms with E-state index < -0.39 is 21.0 Å². The molecule has 0 fully saturated rings. The quantitative estimate of drug-likeness (QED) is 0.768. The van der Waals surface area contributed by atoms with E-state index in [2.05, 4.69) is 10.0 Å². The second-order valence-electron chi connectivity index (χ2n) is 6.24. The molecule has 0 atom stereocenters. The van der Waals surface area contributed by atoms with Crippen molar-refractivity contribution in [2.45, 2.75) is 53.0 Å². The summed E-state index contributed by atoms with van der Waals surface area (Å²) in [5.41, 5.74) is -0.999. The first-order valence-electron chi connectivity index (χ1n) is 6.13. The summed E-state index contributed by atoms with van der Waals surface area (Å²) in [5.74, 6) is -0.0197. The molecule has 0 saturated heterocycles. The molecule has 0 aromatic carbocycles. The highest BCUT2D eigenvalue weighted by molar-refractivity contribution is 7.89. The van der Waals surface area contributed by atoms with Crippen LogP contribution in [-0.2, 0) is 14.8 Å². The number of rotatable bonds is 6. The predicted molar refractivity (Wildman–Crippen MR) is 73.8 cm³/mol. The van der Waals surface area contributed by atoms with Crippen molar-refractivity contribution in [2.75, 3.05) is 12.8 Å². The van der Waals surface area contributed by atoms with E-state index in [0.717, 1.165) is 0 Å². The first-order chi connectivity index (χ1) is 7.90. The van der Waals surface area contributed by atoms with Gasteiger partial charge in [-0.3, -0.25) is 4.79 Å². The van der Waals surface area contributed by atoms with Gasteiger partial charge in [-0.05, 0) is 33.6 Å². The lowest BCUT2D eigenvalue weighted by atomic mass is 9.87. The van der Waals surface area contributed by atoms with Gasteiger partial charge in [0.25, 0.3) is 0 Å². The predicted octanol–water partition coefficient (Wildman–Crippen LogP) is 1.26. The number of amides is 1. The number of sulfonamides is 1. The van der Waals surface area contributed by atoms with Crippen LogP contribution < -0.4 is 10.0 Å². The molecule has 0 aliphatic heterocycles. The van der Waals surface area contributed by atoms with Crippen LogP contribution in [0.25, 0.3) is 0 Å². The van der Waals surface area contributed by atoms with Gasteiger partial charge in [0.15, 0.2) is 0 Å². The van der Waals surface area contributed by atoms with Gasteiger partial charge in [-0.2, -0.15) is 0 Å². The summed E-state index contributed by atoms with van der Waals surface area (Å²) in [5, 5.41) is 2.59. The van der Waals surface area contributed by atoms with Gasteiger partial charge < -0.3 is 5.32 Å². The highest BCUT2D eigenvalue weighted by Crippen LogP contribution is 2.22. The van der Waals surface area contributed by atoms with Crippen LogP contribution >= 0.6 is 0 Å². The fourth-order valence-corrected chi connectivity index (χ4v) is 3.23. The molecule has 108 valence electrons. The molecule has 0 rings (SSSR count). The number of nitrogens with one attached hydrogen (secondary N) is 2. The minimum absolute atomic E-state index is 0.0463. The first-order valence-corrected chi connectivity index (χ1v) is 7.79. The zero-order valence-corrected chi connectivity index (χ0v) is 13.1. The lowest BCUT2D eigenvalue weighted by Crippen LogP contribution is -2.42. The molecular weight excluding hydrogens is 252 g/mol. The molecule has 0 saturated carbocycles. The summed E-state index contributed by atoms with van der Waals surface area (Å²) < 4.78 is 26.1. The largest absolute Gasteiger partial charge is 0.359 e. The second-order valence-corrected chi connectivity index (χ2v) is 8.08.